The number of nitrogens with one attached hydrogen (secondary N) is 2. The lowest BCUT2D eigenvalue weighted by Crippen LogP contribution is -2.54. The maximum absolute atomic E-state index is 14.0. The van der Waals surface area contributed by atoms with Crippen molar-refractivity contribution in [2.24, 2.45) is 0 Å². The van der Waals surface area contributed by atoms with Gasteiger partial charge in [0.05, 0.1) is 24.4 Å². The monoisotopic (exact) mass is 600 g/mol. The van der Waals surface area contributed by atoms with Crippen LogP contribution in [0, 0.1) is 23.3 Å². The quantitative estimate of drug-likeness (QED) is 0.296. The molecule has 3 N–H and O–H groups in total. The first-order chi connectivity index (χ1) is 20.2. The molecule has 0 radical (unpaired) electrons. The first kappa shape index (κ1) is 32.0. The fourth-order valence-electron chi connectivity index (χ4n) is 5.15. The molecule has 0 aromatic heterocycles. The van der Waals surface area contributed by atoms with Crippen molar-refractivity contribution >= 4 is 17.6 Å². The van der Waals surface area contributed by atoms with Crippen LogP contribution >= 0.6 is 0 Å². The zero-order valence-corrected chi connectivity index (χ0v) is 24.5. The van der Waals surface area contributed by atoms with E-state index in [1.54, 1.807) is 0 Å². The van der Waals surface area contributed by atoms with E-state index in [1.165, 1.54) is 11.9 Å². The molecule has 1 aliphatic rings. The lowest BCUT2D eigenvalue weighted by Gasteiger charge is -2.34. The molecule has 0 spiro atoms. The van der Waals surface area contributed by atoms with E-state index in [-0.39, 0.29) is 36.2 Å². The number of aliphatic hydroxyl groups is 1. The maximum Gasteiger partial charge on any atom is 0.322 e. The lowest BCUT2D eigenvalue weighted by atomic mass is 9.86. The summed E-state index contributed by atoms with van der Waals surface area (Å²) in [6.45, 7) is 6.59. The molecular weight excluding hydrogens is 564 g/mol. The average molecular weight is 601 g/mol. The van der Waals surface area contributed by atoms with Crippen LogP contribution in [-0.4, -0.2) is 60.3 Å². The van der Waals surface area contributed by atoms with Gasteiger partial charge < -0.3 is 20.6 Å². The zero-order valence-electron chi connectivity index (χ0n) is 24.5. The summed E-state index contributed by atoms with van der Waals surface area (Å²) >= 11 is 0. The van der Waals surface area contributed by atoms with Gasteiger partial charge in [0.1, 0.15) is 29.3 Å². The molecule has 0 saturated carbocycles. The minimum absolute atomic E-state index is 0.0437. The summed E-state index contributed by atoms with van der Waals surface area (Å²) in [6, 6.07) is 10.9. The second kappa shape index (κ2) is 13.1. The summed E-state index contributed by atoms with van der Waals surface area (Å²) in [5, 5.41) is 17.0. The van der Waals surface area contributed by atoms with Crippen LogP contribution in [-0.2, 0) is 23.2 Å². The molecule has 11 heteroatoms. The normalized spacial score (nSPS) is 16.6. The van der Waals surface area contributed by atoms with E-state index in [4.69, 9.17) is 0 Å². The number of aliphatic hydroxyl groups excluding tert-OH is 1. The van der Waals surface area contributed by atoms with Gasteiger partial charge in [-0.05, 0) is 52.8 Å². The second-order valence-electron chi connectivity index (χ2n) is 11.9. The second-order valence-corrected chi connectivity index (χ2v) is 11.9. The number of hydrogen-bond donors (Lipinski definition) is 3. The third-order valence-corrected chi connectivity index (χ3v) is 7.50. The Labute approximate surface area is 248 Å². The Morgan fingerprint density at radius 1 is 1.00 bits per heavy atom. The molecule has 7 nitrogen and oxygen atoms in total. The molecule has 3 atom stereocenters. The van der Waals surface area contributed by atoms with E-state index in [1.807, 2.05) is 18.2 Å². The fraction of sp³-hybridized carbons (Fsp3) is 0.375. The Balaban J connectivity index is 1.50. The van der Waals surface area contributed by atoms with Crippen LogP contribution < -0.4 is 15.5 Å². The van der Waals surface area contributed by atoms with Crippen molar-refractivity contribution in [1.29, 1.82) is 0 Å². The van der Waals surface area contributed by atoms with Gasteiger partial charge in [-0.1, -0.05) is 45.0 Å². The van der Waals surface area contributed by atoms with Crippen molar-refractivity contribution in [3.05, 3.63) is 101 Å². The molecule has 0 aliphatic carbocycles. The van der Waals surface area contributed by atoms with Gasteiger partial charge >= 0.3 is 6.03 Å². The number of likely N-dealkylation sites (N-methyl/N-ethyl adjacent to an activating group) is 1. The summed E-state index contributed by atoms with van der Waals surface area (Å²) in [6.07, 6.45) is -1.25. The largest absolute Gasteiger partial charge is 0.390 e. The number of rotatable bonds is 10. The number of carbonyl (C=O) groups excluding carboxylic acids is 2. The van der Waals surface area contributed by atoms with Crippen LogP contribution in [0.1, 0.15) is 37.5 Å². The molecule has 230 valence electrons. The Bertz CT molecular complexity index is 1440. The first-order valence-corrected chi connectivity index (χ1v) is 13.9. The van der Waals surface area contributed by atoms with Crippen LogP contribution in [0.2, 0.25) is 0 Å². The smallest absolute Gasteiger partial charge is 0.322 e. The van der Waals surface area contributed by atoms with Crippen LogP contribution in [0.4, 0.5) is 28.0 Å². The van der Waals surface area contributed by atoms with E-state index >= 15 is 0 Å². The standard InChI is InChI=1S/C32H36F4N4O3/c1-32(2,3)21-7-5-6-19(8-21)16-37-17-29(41)28(11-20-9-22(33)12-23(34)10-20)39(4)30(42)27-18-40(31(43)38-27)26-14-24(35)13-25(36)15-26/h5-10,12-15,27-29,37,41H,11,16-18H2,1-4H3,(H,38,43)/t27-,28-,29+/m0/s1. The van der Waals surface area contributed by atoms with E-state index in [0.717, 1.165) is 46.4 Å². The van der Waals surface area contributed by atoms with Crippen molar-refractivity contribution in [2.45, 2.75) is 57.3 Å². The predicted octanol–water partition coefficient (Wildman–Crippen LogP) is 4.66. The topological polar surface area (TPSA) is 84.9 Å². The van der Waals surface area contributed by atoms with Crippen LogP contribution in [0.15, 0.2) is 60.7 Å². The molecular formula is C32H36F4N4O3. The SMILES string of the molecule is CN(C(=O)[C@@H]1CN(c2cc(F)cc(F)c2)C(=O)N1)[C@@H](Cc1cc(F)cc(F)c1)[C@H](O)CNCc1cccc(C(C)(C)C)c1. The number of anilines is 1. The Morgan fingerprint density at radius 2 is 1.60 bits per heavy atom. The number of urea groups is 1. The number of hydrogen-bond acceptors (Lipinski definition) is 4. The minimum Gasteiger partial charge on any atom is -0.390 e. The van der Waals surface area contributed by atoms with E-state index in [9.17, 15) is 32.3 Å². The van der Waals surface area contributed by atoms with Gasteiger partial charge in [-0.3, -0.25) is 9.69 Å². The molecule has 3 aromatic rings. The molecule has 0 bridgehead atoms. The number of nitrogens with zero attached hydrogens (tertiary/aromatic N) is 2. The zero-order chi connectivity index (χ0) is 31.5. The number of carbonyl (C=O) groups is 2. The molecule has 1 aliphatic heterocycles. The van der Waals surface area contributed by atoms with Gasteiger partial charge in [0, 0.05) is 32.3 Å². The minimum atomic E-state index is -1.17. The third-order valence-electron chi connectivity index (χ3n) is 7.50. The predicted molar refractivity (Wildman–Crippen MR) is 155 cm³/mol. The fourth-order valence-corrected chi connectivity index (χ4v) is 5.15. The highest BCUT2D eigenvalue weighted by molar-refractivity contribution is 6.00. The molecule has 3 amide bonds. The van der Waals surface area contributed by atoms with E-state index in [2.05, 4.69) is 37.5 Å². The van der Waals surface area contributed by atoms with Gasteiger partial charge in [0.15, 0.2) is 0 Å². The van der Waals surface area contributed by atoms with E-state index < -0.39 is 53.4 Å². The van der Waals surface area contributed by atoms with Crippen molar-refractivity contribution < 1.29 is 32.3 Å². The third kappa shape index (κ3) is 8.11. The summed E-state index contributed by atoms with van der Waals surface area (Å²) in [5.41, 5.74) is 2.27. The molecule has 3 aromatic carbocycles. The number of halogens is 4. The summed E-state index contributed by atoms with van der Waals surface area (Å²) in [5.74, 6) is -3.94. The van der Waals surface area contributed by atoms with Gasteiger partial charge in [-0.25, -0.2) is 22.4 Å². The van der Waals surface area contributed by atoms with Gasteiger partial charge in [-0.15, -0.1) is 0 Å². The molecule has 1 fully saturated rings. The summed E-state index contributed by atoms with van der Waals surface area (Å²) < 4.78 is 55.5. The van der Waals surface area contributed by atoms with Crippen LogP contribution in [0.5, 0.6) is 0 Å². The summed E-state index contributed by atoms with van der Waals surface area (Å²) in [7, 11) is 1.43. The summed E-state index contributed by atoms with van der Waals surface area (Å²) in [4.78, 5) is 28.5. The van der Waals surface area contributed by atoms with Gasteiger partial charge in [-0.2, -0.15) is 0 Å². The highest BCUT2D eigenvalue weighted by atomic mass is 19.1. The highest BCUT2D eigenvalue weighted by Gasteiger charge is 2.39. The average Bonchev–Trinajstić information content (AvgIpc) is 3.31. The molecule has 1 heterocycles. The van der Waals surface area contributed by atoms with Gasteiger partial charge in [0.2, 0.25) is 5.91 Å². The lowest BCUT2D eigenvalue weighted by molar-refractivity contribution is -0.135. The van der Waals surface area contributed by atoms with Crippen molar-refractivity contribution in [1.82, 2.24) is 15.5 Å². The number of amides is 3. The van der Waals surface area contributed by atoms with E-state index in [0.29, 0.717) is 12.6 Å². The van der Waals surface area contributed by atoms with Crippen molar-refractivity contribution in [3.63, 3.8) is 0 Å². The highest BCUT2D eigenvalue weighted by Crippen LogP contribution is 2.24. The Morgan fingerprint density at radius 3 is 2.21 bits per heavy atom. The Kier molecular flexibility index (Phi) is 9.76. The van der Waals surface area contributed by atoms with Crippen LogP contribution in [0.25, 0.3) is 0 Å². The van der Waals surface area contributed by atoms with Crippen LogP contribution in [0.3, 0.4) is 0 Å². The first-order valence-electron chi connectivity index (χ1n) is 13.9. The molecule has 43 heavy (non-hydrogen) atoms. The number of benzene rings is 3. The molecule has 0 unspecified atom stereocenters. The maximum atomic E-state index is 14.0. The van der Waals surface area contributed by atoms with Gasteiger partial charge in [0.25, 0.3) is 0 Å². The Hall–Kier alpha value is -3.96. The van der Waals surface area contributed by atoms with Crippen molar-refractivity contribution in [2.75, 3.05) is 25.0 Å². The van der Waals surface area contributed by atoms with Crippen molar-refractivity contribution in [3.8, 4) is 0 Å². The molecule has 4 rings (SSSR count). The molecule has 1 saturated heterocycles.